The second-order valence-corrected chi connectivity index (χ2v) is 5.33. The van der Waals surface area contributed by atoms with Gasteiger partial charge in [-0.25, -0.2) is 0 Å². The molecule has 5 nitrogen and oxygen atoms in total. The fourth-order valence-electron chi connectivity index (χ4n) is 1.71. The average Bonchev–Trinajstić information content (AvgIpc) is 2.34. The first-order valence-electron chi connectivity index (χ1n) is 6.75. The molecule has 0 spiro atoms. The van der Waals surface area contributed by atoms with Gasteiger partial charge in [0.15, 0.2) is 5.96 Å². The van der Waals surface area contributed by atoms with Crippen molar-refractivity contribution in [3.8, 4) is 0 Å². The summed E-state index contributed by atoms with van der Waals surface area (Å²) in [7, 11) is 0. The number of nitrogens with two attached hydrogens (primary N) is 1. The number of hydrogen-bond donors (Lipinski definition) is 1. The van der Waals surface area contributed by atoms with Crippen LogP contribution < -0.4 is 5.73 Å². The Kier molecular flexibility index (Phi) is 5.88. The van der Waals surface area contributed by atoms with Gasteiger partial charge in [-0.15, -0.1) is 0 Å². The van der Waals surface area contributed by atoms with E-state index >= 15 is 0 Å². The Bertz CT molecular complexity index is 279. The molecule has 0 amide bonds. The van der Waals surface area contributed by atoms with Gasteiger partial charge in [0.25, 0.3) is 0 Å². The van der Waals surface area contributed by atoms with Crippen molar-refractivity contribution in [3.05, 3.63) is 0 Å². The summed E-state index contributed by atoms with van der Waals surface area (Å²) >= 11 is 0. The van der Waals surface area contributed by atoms with Crippen molar-refractivity contribution in [2.45, 2.75) is 45.8 Å². The molecule has 0 saturated carbocycles. The Balaban J connectivity index is 2.29. The van der Waals surface area contributed by atoms with Crippen LogP contribution >= 0.6 is 0 Å². The molecular weight excluding hydrogens is 230 g/mol. The molecule has 0 aromatic heterocycles. The molecule has 1 heterocycles. The summed E-state index contributed by atoms with van der Waals surface area (Å²) < 4.78 is 11.2. The topological polar surface area (TPSA) is 60.1 Å². The molecule has 2 N–H and O–H groups in total. The van der Waals surface area contributed by atoms with Gasteiger partial charge in [0.2, 0.25) is 0 Å². The van der Waals surface area contributed by atoms with Crippen molar-refractivity contribution in [3.63, 3.8) is 0 Å². The number of ether oxygens (including phenoxy) is 2. The maximum atomic E-state index is 5.96. The van der Waals surface area contributed by atoms with Gasteiger partial charge in [0.05, 0.1) is 31.5 Å². The predicted octanol–water partition coefficient (Wildman–Crippen LogP) is 1.23. The zero-order chi connectivity index (χ0) is 13.6. The van der Waals surface area contributed by atoms with Crippen LogP contribution in [-0.2, 0) is 9.47 Å². The highest BCUT2D eigenvalue weighted by molar-refractivity contribution is 5.78. The van der Waals surface area contributed by atoms with Crippen LogP contribution in [-0.4, -0.2) is 55.4 Å². The minimum absolute atomic E-state index is 0.0717. The summed E-state index contributed by atoms with van der Waals surface area (Å²) in [5, 5.41) is 0. The van der Waals surface area contributed by atoms with Crippen molar-refractivity contribution in [1.82, 2.24) is 4.90 Å². The average molecular weight is 257 g/mol. The second-order valence-electron chi connectivity index (χ2n) is 5.33. The maximum absolute atomic E-state index is 5.96. The maximum Gasteiger partial charge on any atom is 0.191 e. The lowest BCUT2D eigenvalue weighted by atomic mass is 10.1. The Morgan fingerprint density at radius 1 is 1.56 bits per heavy atom. The number of rotatable bonds is 5. The largest absolute Gasteiger partial charge is 0.375 e. The lowest BCUT2D eigenvalue weighted by molar-refractivity contribution is -0.0157. The predicted molar refractivity (Wildman–Crippen MR) is 73.8 cm³/mol. The SMILES string of the molecule is CCC(C)(C)OCCN=C(N)N1CCOC(C)C1. The van der Waals surface area contributed by atoms with Crippen LogP contribution in [0.1, 0.15) is 34.1 Å². The molecule has 106 valence electrons. The molecule has 1 atom stereocenters. The molecule has 1 unspecified atom stereocenters. The van der Waals surface area contributed by atoms with E-state index in [1.165, 1.54) is 0 Å². The van der Waals surface area contributed by atoms with Gasteiger partial charge in [0.1, 0.15) is 0 Å². The third-order valence-electron chi connectivity index (χ3n) is 3.27. The highest BCUT2D eigenvalue weighted by Crippen LogP contribution is 2.12. The van der Waals surface area contributed by atoms with E-state index in [0.717, 1.165) is 26.1 Å². The van der Waals surface area contributed by atoms with E-state index in [4.69, 9.17) is 15.2 Å². The number of guanidine groups is 1. The summed E-state index contributed by atoms with van der Waals surface area (Å²) in [6.07, 6.45) is 1.22. The quantitative estimate of drug-likeness (QED) is 0.457. The van der Waals surface area contributed by atoms with E-state index in [1.54, 1.807) is 0 Å². The molecule has 1 saturated heterocycles. The van der Waals surface area contributed by atoms with Gasteiger partial charge in [-0.3, -0.25) is 4.99 Å². The summed E-state index contributed by atoms with van der Waals surface area (Å²) in [5.41, 5.74) is 5.89. The molecule has 0 aromatic rings. The van der Waals surface area contributed by atoms with Crippen LogP contribution in [0.15, 0.2) is 4.99 Å². The highest BCUT2D eigenvalue weighted by atomic mass is 16.5. The van der Waals surface area contributed by atoms with Crippen molar-refractivity contribution >= 4 is 5.96 Å². The number of nitrogens with zero attached hydrogens (tertiary/aromatic N) is 2. The van der Waals surface area contributed by atoms with E-state index in [0.29, 0.717) is 19.1 Å². The summed E-state index contributed by atoms with van der Waals surface area (Å²) in [4.78, 5) is 6.43. The Morgan fingerprint density at radius 2 is 2.28 bits per heavy atom. The fraction of sp³-hybridized carbons (Fsp3) is 0.923. The molecule has 0 bridgehead atoms. The fourth-order valence-corrected chi connectivity index (χ4v) is 1.71. The van der Waals surface area contributed by atoms with Gasteiger partial charge < -0.3 is 20.1 Å². The van der Waals surface area contributed by atoms with Gasteiger partial charge in [-0.1, -0.05) is 6.92 Å². The Morgan fingerprint density at radius 3 is 2.89 bits per heavy atom. The molecular formula is C13H27N3O2. The molecule has 1 fully saturated rings. The van der Waals surface area contributed by atoms with Crippen LogP contribution in [0.2, 0.25) is 0 Å². The zero-order valence-corrected chi connectivity index (χ0v) is 12.1. The van der Waals surface area contributed by atoms with Crippen molar-refractivity contribution in [1.29, 1.82) is 0 Å². The first-order chi connectivity index (χ1) is 8.44. The van der Waals surface area contributed by atoms with E-state index in [9.17, 15) is 0 Å². The first kappa shape index (κ1) is 15.2. The molecule has 1 aliphatic rings. The summed E-state index contributed by atoms with van der Waals surface area (Å²) in [6.45, 7) is 11.9. The minimum atomic E-state index is -0.0717. The highest BCUT2D eigenvalue weighted by Gasteiger charge is 2.18. The molecule has 0 aromatic carbocycles. The van der Waals surface area contributed by atoms with Crippen molar-refractivity contribution in [2.24, 2.45) is 10.7 Å². The van der Waals surface area contributed by atoms with E-state index in [-0.39, 0.29) is 11.7 Å². The van der Waals surface area contributed by atoms with Crippen LogP contribution in [0.5, 0.6) is 0 Å². The smallest absolute Gasteiger partial charge is 0.191 e. The normalized spacial score (nSPS) is 22.3. The third-order valence-corrected chi connectivity index (χ3v) is 3.27. The summed E-state index contributed by atoms with van der Waals surface area (Å²) in [5.74, 6) is 0.600. The van der Waals surface area contributed by atoms with Crippen LogP contribution in [0, 0.1) is 0 Å². The Hall–Kier alpha value is -0.810. The standard InChI is InChI=1S/C13H27N3O2/c1-5-13(3,4)18-8-6-15-12(14)16-7-9-17-11(2)10-16/h11H,5-10H2,1-4H3,(H2,14,15). The molecule has 0 aliphatic carbocycles. The molecule has 0 radical (unpaired) electrons. The van der Waals surface area contributed by atoms with E-state index < -0.39 is 0 Å². The third kappa shape index (κ3) is 5.23. The van der Waals surface area contributed by atoms with Crippen LogP contribution in [0.25, 0.3) is 0 Å². The molecule has 5 heteroatoms. The number of hydrogen-bond acceptors (Lipinski definition) is 3. The number of morpholine rings is 1. The van der Waals surface area contributed by atoms with Gasteiger partial charge in [-0.2, -0.15) is 0 Å². The molecule has 18 heavy (non-hydrogen) atoms. The van der Waals surface area contributed by atoms with Crippen molar-refractivity contribution < 1.29 is 9.47 Å². The van der Waals surface area contributed by atoms with Gasteiger partial charge in [-0.05, 0) is 27.2 Å². The van der Waals surface area contributed by atoms with Crippen LogP contribution in [0.4, 0.5) is 0 Å². The Labute approximate surface area is 110 Å². The second kappa shape index (κ2) is 6.95. The molecule has 1 aliphatic heterocycles. The van der Waals surface area contributed by atoms with Crippen molar-refractivity contribution in [2.75, 3.05) is 32.8 Å². The summed E-state index contributed by atoms with van der Waals surface area (Å²) in [6, 6.07) is 0. The van der Waals surface area contributed by atoms with Crippen LogP contribution in [0.3, 0.4) is 0 Å². The zero-order valence-electron chi connectivity index (χ0n) is 12.1. The van der Waals surface area contributed by atoms with E-state index in [2.05, 4.69) is 30.7 Å². The lowest BCUT2D eigenvalue weighted by Gasteiger charge is -2.31. The first-order valence-corrected chi connectivity index (χ1v) is 6.75. The number of aliphatic imine (C=N–C) groups is 1. The van der Waals surface area contributed by atoms with Gasteiger partial charge in [0, 0.05) is 13.1 Å². The lowest BCUT2D eigenvalue weighted by Crippen LogP contribution is -2.48. The minimum Gasteiger partial charge on any atom is -0.375 e. The van der Waals surface area contributed by atoms with Gasteiger partial charge >= 0.3 is 0 Å². The monoisotopic (exact) mass is 257 g/mol. The molecule has 1 rings (SSSR count). The van der Waals surface area contributed by atoms with E-state index in [1.807, 2.05) is 6.92 Å².